The van der Waals surface area contributed by atoms with E-state index in [1.54, 1.807) is 37.4 Å². The Morgan fingerprint density at radius 1 is 1.07 bits per heavy atom. The number of nitrogens with one attached hydrogen (secondary N) is 2. The molecular weight excluding hydrogens is 474 g/mol. The molecule has 27 heavy (non-hydrogen) atoms. The van der Waals surface area contributed by atoms with Gasteiger partial charge in [-0.1, -0.05) is 24.3 Å². The summed E-state index contributed by atoms with van der Waals surface area (Å²) < 4.78 is 48.0. The highest BCUT2D eigenvalue weighted by atomic mass is 127. The summed E-state index contributed by atoms with van der Waals surface area (Å²) in [6, 6.07) is 11.1. The molecule has 148 valence electrons. The van der Waals surface area contributed by atoms with Gasteiger partial charge in [-0.2, -0.15) is 8.78 Å². The van der Waals surface area contributed by atoms with Crippen LogP contribution in [0.5, 0.6) is 11.5 Å². The van der Waals surface area contributed by atoms with E-state index in [1.807, 2.05) is 0 Å². The number of nitrogens with zero attached hydrogens (tertiary/aromatic N) is 1. The van der Waals surface area contributed by atoms with Crippen LogP contribution in [0.15, 0.2) is 47.5 Å². The largest absolute Gasteiger partial charge is 0.494 e. The molecule has 0 saturated heterocycles. The van der Waals surface area contributed by atoms with Gasteiger partial charge in [-0.3, -0.25) is 4.99 Å². The van der Waals surface area contributed by atoms with Crippen molar-refractivity contribution in [3.8, 4) is 11.5 Å². The second-order valence-corrected chi connectivity index (χ2v) is 5.23. The smallest absolute Gasteiger partial charge is 0.387 e. The van der Waals surface area contributed by atoms with Crippen LogP contribution in [0.1, 0.15) is 11.1 Å². The Morgan fingerprint density at radius 2 is 1.78 bits per heavy atom. The Balaban J connectivity index is 0.00000364. The molecule has 0 aromatic heterocycles. The second kappa shape index (κ2) is 11.5. The predicted molar refractivity (Wildman–Crippen MR) is 108 cm³/mol. The van der Waals surface area contributed by atoms with Crippen LogP contribution in [0.4, 0.5) is 13.2 Å². The second-order valence-electron chi connectivity index (χ2n) is 5.23. The van der Waals surface area contributed by atoms with Crippen LogP contribution < -0.4 is 20.1 Å². The molecule has 0 radical (unpaired) electrons. The highest BCUT2D eigenvalue weighted by Crippen LogP contribution is 2.20. The first kappa shape index (κ1) is 22.9. The number of hydrogen-bond donors (Lipinski definition) is 2. The molecule has 0 aliphatic heterocycles. The Bertz CT molecular complexity index is 760. The molecule has 0 aliphatic carbocycles. The fraction of sp³-hybridized carbons (Fsp3) is 0.278. The lowest BCUT2D eigenvalue weighted by Crippen LogP contribution is -2.36. The Labute approximate surface area is 173 Å². The van der Waals surface area contributed by atoms with Gasteiger partial charge in [0.05, 0.1) is 7.11 Å². The van der Waals surface area contributed by atoms with Crippen LogP contribution in [0.3, 0.4) is 0 Å². The SMILES string of the molecule is CN=C(NCc1ccc(OC)c(F)c1)NCc1ccccc1OC(F)F.I. The molecule has 2 aromatic rings. The zero-order valence-electron chi connectivity index (χ0n) is 14.8. The molecule has 2 aromatic carbocycles. The van der Waals surface area contributed by atoms with Crippen molar-refractivity contribution in [3.05, 3.63) is 59.4 Å². The van der Waals surface area contributed by atoms with Crippen molar-refractivity contribution in [1.29, 1.82) is 0 Å². The van der Waals surface area contributed by atoms with Gasteiger partial charge in [0.1, 0.15) is 5.75 Å². The molecule has 0 saturated carbocycles. The standard InChI is InChI=1S/C18H20F3N3O2.HI/c1-22-18(23-10-12-7-8-16(25-2)14(19)9-12)24-11-13-5-3-4-6-15(13)26-17(20)21;/h3-9,17H,10-11H2,1-2H3,(H2,22,23,24);1H. The van der Waals surface area contributed by atoms with Crippen LogP contribution in [0, 0.1) is 5.82 Å². The zero-order chi connectivity index (χ0) is 18.9. The van der Waals surface area contributed by atoms with Gasteiger partial charge in [-0.25, -0.2) is 4.39 Å². The summed E-state index contributed by atoms with van der Waals surface area (Å²) in [5, 5.41) is 6.03. The minimum atomic E-state index is -2.89. The summed E-state index contributed by atoms with van der Waals surface area (Å²) in [4.78, 5) is 4.05. The third-order valence-electron chi connectivity index (χ3n) is 3.53. The van der Waals surface area contributed by atoms with Crippen LogP contribution in [-0.2, 0) is 13.1 Å². The molecule has 5 nitrogen and oxygen atoms in total. The van der Waals surface area contributed by atoms with E-state index in [0.717, 1.165) is 0 Å². The first-order chi connectivity index (χ1) is 12.5. The average Bonchev–Trinajstić information content (AvgIpc) is 2.62. The van der Waals surface area contributed by atoms with E-state index in [4.69, 9.17) is 4.74 Å². The Kier molecular flexibility index (Phi) is 9.76. The van der Waals surface area contributed by atoms with E-state index in [2.05, 4.69) is 20.4 Å². The topological polar surface area (TPSA) is 54.9 Å². The van der Waals surface area contributed by atoms with Crippen molar-refractivity contribution in [1.82, 2.24) is 10.6 Å². The summed E-state index contributed by atoms with van der Waals surface area (Å²) in [5.41, 5.74) is 1.26. The number of rotatable bonds is 7. The minimum Gasteiger partial charge on any atom is -0.494 e. The van der Waals surface area contributed by atoms with E-state index in [0.29, 0.717) is 23.6 Å². The van der Waals surface area contributed by atoms with Crippen LogP contribution in [-0.4, -0.2) is 26.7 Å². The molecule has 0 bridgehead atoms. The maximum atomic E-state index is 13.7. The number of halogens is 4. The van der Waals surface area contributed by atoms with Gasteiger partial charge < -0.3 is 20.1 Å². The summed E-state index contributed by atoms with van der Waals surface area (Å²) in [5.74, 6) is 0.260. The number of aliphatic imine (C=N–C) groups is 1. The fourth-order valence-corrected chi connectivity index (χ4v) is 2.27. The van der Waals surface area contributed by atoms with Crippen molar-refractivity contribution in [2.24, 2.45) is 4.99 Å². The summed E-state index contributed by atoms with van der Waals surface area (Å²) in [6.45, 7) is -2.33. The summed E-state index contributed by atoms with van der Waals surface area (Å²) in [7, 11) is 2.98. The van der Waals surface area contributed by atoms with Crippen LogP contribution in [0.25, 0.3) is 0 Å². The number of alkyl halides is 2. The average molecular weight is 495 g/mol. The van der Waals surface area contributed by atoms with Gasteiger partial charge in [0, 0.05) is 25.7 Å². The summed E-state index contributed by atoms with van der Waals surface area (Å²) in [6.07, 6.45) is 0. The number of methoxy groups -OCH3 is 1. The molecule has 0 atom stereocenters. The molecular formula is C18H21F3IN3O2. The summed E-state index contributed by atoms with van der Waals surface area (Å²) >= 11 is 0. The van der Waals surface area contributed by atoms with E-state index < -0.39 is 12.4 Å². The molecule has 2 N–H and O–H groups in total. The third kappa shape index (κ3) is 7.16. The van der Waals surface area contributed by atoms with Crippen molar-refractivity contribution in [2.75, 3.05) is 14.2 Å². The van der Waals surface area contributed by atoms with Crippen LogP contribution >= 0.6 is 24.0 Å². The molecule has 0 heterocycles. The lowest BCUT2D eigenvalue weighted by atomic mass is 10.2. The zero-order valence-corrected chi connectivity index (χ0v) is 17.2. The van der Waals surface area contributed by atoms with Crippen molar-refractivity contribution < 1.29 is 22.6 Å². The molecule has 0 unspecified atom stereocenters. The number of ether oxygens (including phenoxy) is 2. The van der Waals surface area contributed by atoms with Gasteiger partial charge in [-0.15, -0.1) is 24.0 Å². The molecule has 9 heteroatoms. The van der Waals surface area contributed by atoms with Crippen molar-refractivity contribution in [2.45, 2.75) is 19.7 Å². The first-order valence-corrected chi connectivity index (χ1v) is 7.83. The Hall–Kier alpha value is -2.17. The minimum absolute atomic E-state index is 0. The number of benzene rings is 2. The fourth-order valence-electron chi connectivity index (χ4n) is 2.27. The first-order valence-electron chi connectivity index (χ1n) is 7.83. The number of para-hydroxylation sites is 1. The lowest BCUT2D eigenvalue weighted by molar-refractivity contribution is -0.0504. The van der Waals surface area contributed by atoms with Gasteiger partial charge in [-0.05, 0) is 23.8 Å². The van der Waals surface area contributed by atoms with E-state index >= 15 is 0 Å². The number of guanidine groups is 1. The molecule has 0 spiro atoms. The van der Waals surface area contributed by atoms with Crippen molar-refractivity contribution >= 4 is 29.9 Å². The predicted octanol–water partition coefficient (Wildman–Crippen LogP) is 3.92. The molecule has 2 rings (SSSR count). The molecule has 0 aliphatic rings. The van der Waals surface area contributed by atoms with Gasteiger partial charge >= 0.3 is 6.61 Å². The van der Waals surface area contributed by atoms with Gasteiger partial charge in [0.15, 0.2) is 17.5 Å². The van der Waals surface area contributed by atoms with E-state index in [9.17, 15) is 13.2 Å². The maximum absolute atomic E-state index is 13.7. The number of hydrogen-bond acceptors (Lipinski definition) is 3. The highest BCUT2D eigenvalue weighted by Gasteiger charge is 2.10. The Morgan fingerprint density at radius 3 is 2.41 bits per heavy atom. The van der Waals surface area contributed by atoms with Crippen molar-refractivity contribution in [3.63, 3.8) is 0 Å². The molecule has 0 amide bonds. The van der Waals surface area contributed by atoms with Crippen LogP contribution in [0.2, 0.25) is 0 Å². The van der Waals surface area contributed by atoms with E-state index in [-0.39, 0.29) is 42.0 Å². The molecule has 0 fully saturated rings. The maximum Gasteiger partial charge on any atom is 0.387 e. The lowest BCUT2D eigenvalue weighted by Gasteiger charge is -2.14. The normalized spacial score (nSPS) is 11.0. The van der Waals surface area contributed by atoms with E-state index in [1.165, 1.54) is 19.2 Å². The van der Waals surface area contributed by atoms with Gasteiger partial charge in [0.25, 0.3) is 0 Å². The third-order valence-corrected chi connectivity index (χ3v) is 3.53. The quantitative estimate of drug-likeness (QED) is 0.348. The highest BCUT2D eigenvalue weighted by molar-refractivity contribution is 14.0. The van der Waals surface area contributed by atoms with Gasteiger partial charge in [0.2, 0.25) is 0 Å². The monoisotopic (exact) mass is 495 g/mol.